The van der Waals surface area contributed by atoms with Gasteiger partial charge in [-0.2, -0.15) is 0 Å². The van der Waals surface area contributed by atoms with E-state index in [9.17, 15) is 19.8 Å². The number of carboxylic acids is 2. The summed E-state index contributed by atoms with van der Waals surface area (Å²) in [7, 11) is 5.44. The van der Waals surface area contributed by atoms with Gasteiger partial charge in [0.05, 0.1) is 22.4 Å². The summed E-state index contributed by atoms with van der Waals surface area (Å²) >= 11 is 8.00. The van der Waals surface area contributed by atoms with E-state index < -0.39 is 22.4 Å². The molecular formula is C11H8Na2O4S7. The molecule has 0 N–H and O–H groups in total. The summed E-state index contributed by atoms with van der Waals surface area (Å²) in [5, 5.41) is 26.6. The fourth-order valence-electron chi connectivity index (χ4n) is 0.885. The van der Waals surface area contributed by atoms with Gasteiger partial charge in [0.1, 0.15) is 3.14 Å². The van der Waals surface area contributed by atoms with E-state index >= 15 is 0 Å². The molecule has 2 atom stereocenters. The van der Waals surface area contributed by atoms with E-state index in [1.165, 1.54) is 43.2 Å². The zero-order valence-electron chi connectivity index (χ0n) is 12.6. The van der Waals surface area contributed by atoms with Crippen LogP contribution in [-0.4, -0.2) is 22.4 Å². The number of carbonyl (C=O) groups is 2. The Bertz CT molecular complexity index is 552. The minimum absolute atomic E-state index is 0. The summed E-state index contributed by atoms with van der Waals surface area (Å²) in [6.07, 6.45) is 3.23. The minimum atomic E-state index is -1.00. The van der Waals surface area contributed by atoms with Crippen molar-refractivity contribution in [2.24, 2.45) is 0 Å². The molecule has 0 saturated heterocycles. The largest absolute Gasteiger partial charge is 1.00 e. The van der Waals surface area contributed by atoms with E-state index in [1.54, 1.807) is 45.6 Å². The molecule has 0 spiro atoms. The smallest absolute Gasteiger partial charge is 0.549 e. The van der Waals surface area contributed by atoms with E-state index in [0.29, 0.717) is 0 Å². The third-order valence-corrected chi connectivity index (χ3v) is 8.49. The number of rotatable bonds is 2. The second-order valence-corrected chi connectivity index (χ2v) is 10.9. The summed E-state index contributed by atoms with van der Waals surface area (Å²) in [4.78, 5) is 20.0. The van der Waals surface area contributed by atoms with Crippen LogP contribution >= 0.6 is 78.1 Å². The third-order valence-electron chi connectivity index (χ3n) is 1.78. The topological polar surface area (TPSA) is 80.3 Å². The Morgan fingerprint density at radius 1 is 0.875 bits per heavy atom. The molecule has 120 valence electrons. The van der Waals surface area contributed by atoms with Gasteiger partial charge >= 0.3 is 59.1 Å². The van der Waals surface area contributed by atoms with E-state index in [2.05, 4.69) is 0 Å². The average molecular weight is 475 g/mol. The van der Waals surface area contributed by atoms with Crippen LogP contribution in [0.4, 0.5) is 0 Å². The summed E-state index contributed by atoms with van der Waals surface area (Å²) in [5.41, 5.74) is 0. The van der Waals surface area contributed by atoms with Crippen LogP contribution in [0.25, 0.3) is 0 Å². The van der Waals surface area contributed by atoms with Gasteiger partial charge in [-0.1, -0.05) is 67.5 Å². The Morgan fingerprint density at radius 3 is 1.38 bits per heavy atom. The van der Waals surface area contributed by atoms with Gasteiger partial charge in [-0.3, -0.25) is 0 Å². The molecule has 1 aromatic heterocycles. The van der Waals surface area contributed by atoms with Crippen molar-refractivity contribution in [2.75, 3.05) is 0 Å². The summed E-state index contributed by atoms with van der Waals surface area (Å²) < 4.78 is 1.01. The van der Waals surface area contributed by atoms with Gasteiger partial charge in [0.15, 0.2) is 0 Å². The van der Waals surface area contributed by atoms with Crippen LogP contribution in [0, 0.1) is 3.14 Å². The van der Waals surface area contributed by atoms with Crippen molar-refractivity contribution < 1.29 is 78.9 Å². The Balaban J connectivity index is 0. The fraction of sp³-hybridized carbons (Fsp3) is 0.182. The fourth-order valence-corrected chi connectivity index (χ4v) is 6.24. The molecule has 0 radical (unpaired) electrons. The maximum atomic E-state index is 10.0. The summed E-state index contributed by atoms with van der Waals surface area (Å²) in [6, 6.07) is 0. The molecule has 2 aliphatic rings. The Hall–Kier alpha value is 2.09. The normalized spacial score (nSPS) is 19.7. The van der Waals surface area contributed by atoms with Gasteiger partial charge in [0.25, 0.3) is 0 Å². The zero-order chi connectivity index (χ0) is 16.4. The van der Waals surface area contributed by atoms with Crippen LogP contribution in [0.1, 0.15) is 0 Å². The molecule has 0 amide bonds. The first-order valence-electron chi connectivity index (χ1n) is 5.42. The molecule has 3 heterocycles. The van der Waals surface area contributed by atoms with E-state index in [0.717, 1.165) is 3.14 Å². The second-order valence-electron chi connectivity index (χ2n) is 3.28. The number of hydrogen-bond acceptors (Lipinski definition) is 11. The number of aliphatic carboxylic acids is 2. The van der Waals surface area contributed by atoms with Gasteiger partial charge in [-0.05, 0) is 10.8 Å². The molecule has 0 aromatic carbocycles. The summed E-state index contributed by atoms with van der Waals surface area (Å²) in [6.45, 7) is 0. The first-order valence-corrected chi connectivity index (χ1v) is 12.1. The zero-order valence-corrected chi connectivity index (χ0v) is 22.3. The Kier molecular flexibility index (Phi) is 20.3. The van der Waals surface area contributed by atoms with Gasteiger partial charge in [-0.15, -0.1) is 22.7 Å². The first-order chi connectivity index (χ1) is 10.5. The maximum absolute atomic E-state index is 10.0. The average Bonchev–Trinajstić information content (AvgIpc) is 3.24. The monoisotopic (exact) mass is 474 g/mol. The van der Waals surface area contributed by atoms with E-state index in [1.807, 2.05) is 10.8 Å². The van der Waals surface area contributed by atoms with Gasteiger partial charge in [-0.25, -0.2) is 0 Å². The van der Waals surface area contributed by atoms with Crippen molar-refractivity contribution >= 4 is 90.0 Å². The molecule has 0 aliphatic carbocycles. The van der Waals surface area contributed by atoms with Crippen LogP contribution in [-0.2, 0) is 9.59 Å². The predicted molar refractivity (Wildman–Crippen MR) is 99.3 cm³/mol. The van der Waals surface area contributed by atoms with Gasteiger partial charge in [0, 0.05) is 10.8 Å². The molecule has 4 nitrogen and oxygen atoms in total. The van der Waals surface area contributed by atoms with Crippen LogP contribution in [0.2, 0.25) is 0 Å². The quantitative estimate of drug-likeness (QED) is 0.247. The second kappa shape index (κ2) is 17.2. The molecule has 24 heavy (non-hydrogen) atoms. The van der Waals surface area contributed by atoms with Crippen molar-refractivity contribution in [3.8, 4) is 0 Å². The van der Waals surface area contributed by atoms with E-state index in [-0.39, 0.29) is 59.1 Å². The Labute approximate surface area is 213 Å². The standard InChI is InChI=1S/2C4H4O2S2.C3H2S3.2Na/c2*5-4(6)3-1-2-7-8-3;4-3-5-1-2-6-3;;/h2*1-3H,(H,5,6);1-2H;;/q;;;2*+1/p-2. The predicted octanol–water partition coefficient (Wildman–Crippen LogP) is -3.43. The minimum Gasteiger partial charge on any atom is -0.549 e. The van der Waals surface area contributed by atoms with Crippen LogP contribution in [0.3, 0.4) is 0 Å². The Morgan fingerprint density at radius 2 is 1.25 bits per heavy atom. The maximum Gasteiger partial charge on any atom is 1.00 e. The van der Waals surface area contributed by atoms with Crippen molar-refractivity contribution in [2.45, 2.75) is 10.5 Å². The molecule has 0 bridgehead atoms. The number of hydrogen-bond donors (Lipinski definition) is 0. The van der Waals surface area contributed by atoms with Crippen molar-refractivity contribution in [1.82, 2.24) is 0 Å². The molecule has 1 aromatic rings. The summed E-state index contributed by atoms with van der Waals surface area (Å²) in [5.74, 6) is -2.01. The molecule has 2 unspecified atom stereocenters. The third kappa shape index (κ3) is 13.3. The molecule has 0 saturated carbocycles. The van der Waals surface area contributed by atoms with Crippen LogP contribution in [0.15, 0.2) is 33.7 Å². The van der Waals surface area contributed by atoms with Crippen molar-refractivity contribution in [1.29, 1.82) is 0 Å². The number of carboxylic acid groups (broad SMARTS) is 2. The number of carbonyl (C=O) groups excluding carboxylic acids is 2. The molecule has 13 heteroatoms. The SMILES string of the molecule is O=C([O-])C1C=CSS1.O=C([O-])C1C=CSS1.S=c1sccs1.[Na+].[Na+]. The van der Waals surface area contributed by atoms with Crippen LogP contribution in [0.5, 0.6) is 0 Å². The van der Waals surface area contributed by atoms with Crippen molar-refractivity contribution in [3.05, 3.63) is 36.9 Å². The van der Waals surface area contributed by atoms with Gasteiger partial charge < -0.3 is 19.8 Å². The van der Waals surface area contributed by atoms with Gasteiger partial charge in [0.2, 0.25) is 0 Å². The first kappa shape index (κ1) is 28.3. The van der Waals surface area contributed by atoms with E-state index in [4.69, 9.17) is 12.2 Å². The molecule has 0 fully saturated rings. The molecule has 2 aliphatic heterocycles. The van der Waals surface area contributed by atoms with Crippen LogP contribution < -0.4 is 69.3 Å². The molecule has 3 rings (SSSR count). The molecular weight excluding hydrogens is 467 g/mol. The van der Waals surface area contributed by atoms with Crippen molar-refractivity contribution in [3.63, 3.8) is 0 Å².